The smallest absolute Gasteiger partial charge is 0.285 e. The van der Waals surface area contributed by atoms with Gasteiger partial charge in [0.1, 0.15) is 27.5 Å². The van der Waals surface area contributed by atoms with Crippen molar-refractivity contribution >= 4 is 55.2 Å². The van der Waals surface area contributed by atoms with Gasteiger partial charge in [-0.15, -0.1) is 0 Å². The number of hydrogen-bond donors (Lipinski definition) is 2. The van der Waals surface area contributed by atoms with Crippen LogP contribution in [0.5, 0.6) is 0 Å². The highest BCUT2D eigenvalue weighted by atomic mass is 35.5. The Morgan fingerprint density at radius 1 is 1.10 bits per heavy atom. The maximum atomic E-state index is 13.5. The molecule has 4 aromatic heterocycles. The second-order valence-electron chi connectivity index (χ2n) is 9.62. The molecule has 0 spiro atoms. The summed E-state index contributed by atoms with van der Waals surface area (Å²) in [4.78, 5) is 34.9. The number of aryl methyl sites for hydroxylation is 2. The quantitative estimate of drug-likeness (QED) is 0.281. The number of pyridine rings is 2. The fourth-order valence-corrected chi connectivity index (χ4v) is 5.12. The predicted octanol–water partition coefficient (Wildman–Crippen LogP) is 4.27. The molecule has 1 aromatic carbocycles. The van der Waals surface area contributed by atoms with E-state index in [2.05, 4.69) is 20.4 Å². The van der Waals surface area contributed by atoms with Gasteiger partial charge in [0.15, 0.2) is 16.9 Å². The minimum absolute atomic E-state index is 0.0158. The van der Waals surface area contributed by atoms with E-state index >= 15 is 0 Å². The topological polar surface area (TPSA) is 149 Å². The number of fused-ring (bicyclic) bond motifs is 2. The Morgan fingerprint density at radius 3 is 2.58 bits per heavy atom. The van der Waals surface area contributed by atoms with Crippen LogP contribution >= 0.6 is 11.6 Å². The molecule has 5 rings (SSSR count). The van der Waals surface area contributed by atoms with Crippen LogP contribution in [0, 0.1) is 13.8 Å². The van der Waals surface area contributed by atoms with E-state index in [4.69, 9.17) is 16.0 Å². The van der Waals surface area contributed by atoms with Crippen molar-refractivity contribution in [3.05, 3.63) is 80.4 Å². The van der Waals surface area contributed by atoms with Gasteiger partial charge in [-0.3, -0.25) is 14.3 Å². The van der Waals surface area contributed by atoms with Gasteiger partial charge in [0, 0.05) is 18.2 Å². The zero-order chi connectivity index (χ0) is 28.9. The lowest BCUT2D eigenvalue weighted by Crippen LogP contribution is -2.31. The van der Waals surface area contributed by atoms with E-state index in [1.807, 2.05) is 30.7 Å². The van der Waals surface area contributed by atoms with Gasteiger partial charge in [-0.2, -0.15) is 5.10 Å². The molecule has 0 aliphatic carbocycles. The summed E-state index contributed by atoms with van der Waals surface area (Å²) >= 11 is 6.00. The monoisotopic (exact) mass is 580 g/mol. The van der Waals surface area contributed by atoms with E-state index in [9.17, 15) is 18.0 Å². The molecule has 0 radical (unpaired) electrons. The zero-order valence-corrected chi connectivity index (χ0v) is 23.8. The highest BCUT2D eigenvalue weighted by molar-refractivity contribution is 7.89. The molecule has 1 amide bonds. The number of aromatic nitrogens is 4. The number of nitrogens with zero attached hydrogens (tertiary/aromatic N) is 4. The van der Waals surface area contributed by atoms with Crippen LogP contribution in [0.25, 0.3) is 33.5 Å². The Labute approximate surface area is 234 Å². The fourth-order valence-electron chi connectivity index (χ4n) is 4.54. The number of halogens is 1. The second-order valence-corrected chi connectivity index (χ2v) is 11.8. The molecule has 1 atom stereocenters. The van der Waals surface area contributed by atoms with E-state index < -0.39 is 22.0 Å². The molecule has 5 aromatic rings. The molecule has 2 N–H and O–H groups in total. The molecular weight excluding hydrogens is 556 g/mol. The molecule has 0 fully saturated rings. The normalized spacial score (nSPS) is 12.6. The van der Waals surface area contributed by atoms with Crippen molar-refractivity contribution in [3.8, 4) is 11.5 Å². The van der Waals surface area contributed by atoms with Crippen LogP contribution in [0.2, 0.25) is 5.15 Å². The third-order valence-electron chi connectivity index (χ3n) is 6.29. The van der Waals surface area contributed by atoms with Crippen molar-refractivity contribution < 1.29 is 17.6 Å². The molecule has 0 saturated heterocycles. The highest BCUT2D eigenvalue weighted by Crippen LogP contribution is 2.32. The molecule has 13 heteroatoms. The third-order valence-corrected chi connectivity index (χ3v) is 7.06. The minimum Gasteiger partial charge on any atom is -0.454 e. The third kappa shape index (κ3) is 5.27. The lowest BCUT2D eigenvalue weighted by atomic mass is 9.99. The molecule has 1 unspecified atom stereocenters. The average molecular weight is 581 g/mol. The van der Waals surface area contributed by atoms with Crippen molar-refractivity contribution in [2.45, 2.75) is 26.8 Å². The number of sulfonamides is 1. The zero-order valence-electron chi connectivity index (χ0n) is 22.2. The number of carbonyl (C=O) groups is 1. The summed E-state index contributed by atoms with van der Waals surface area (Å²) in [6.45, 7) is 5.39. The molecule has 0 aliphatic heterocycles. The Bertz CT molecular complexity index is 2000. The van der Waals surface area contributed by atoms with Gasteiger partial charge in [0.05, 0.1) is 29.6 Å². The molecule has 11 nitrogen and oxygen atoms in total. The summed E-state index contributed by atoms with van der Waals surface area (Å²) in [6, 6.07) is 9.71. The van der Waals surface area contributed by atoms with Gasteiger partial charge in [0.25, 0.3) is 5.91 Å². The Kier molecular flexibility index (Phi) is 6.84. The number of nitrogens with one attached hydrogen (secondary N) is 2. The van der Waals surface area contributed by atoms with E-state index in [1.54, 1.807) is 37.0 Å². The van der Waals surface area contributed by atoms with E-state index in [1.165, 1.54) is 12.1 Å². The van der Waals surface area contributed by atoms with Crippen LogP contribution in [0.1, 0.15) is 40.1 Å². The van der Waals surface area contributed by atoms with E-state index in [-0.39, 0.29) is 22.0 Å². The summed E-state index contributed by atoms with van der Waals surface area (Å²) in [5.41, 5.74) is 3.96. The van der Waals surface area contributed by atoms with Gasteiger partial charge in [-0.25, -0.2) is 23.1 Å². The van der Waals surface area contributed by atoms with Gasteiger partial charge in [-0.1, -0.05) is 17.7 Å². The maximum Gasteiger partial charge on any atom is 0.285 e. The molecular formula is C27H25ClN6O5S. The van der Waals surface area contributed by atoms with Crippen molar-refractivity contribution in [2.24, 2.45) is 7.05 Å². The second kappa shape index (κ2) is 10.0. The van der Waals surface area contributed by atoms with Crippen LogP contribution in [0.3, 0.4) is 0 Å². The number of hydrogen-bond acceptors (Lipinski definition) is 9. The van der Waals surface area contributed by atoms with Gasteiger partial charge < -0.3 is 9.73 Å². The predicted molar refractivity (Wildman–Crippen MR) is 153 cm³/mol. The summed E-state index contributed by atoms with van der Waals surface area (Å²) in [5.74, 6) is -0.600. The number of benzene rings is 1. The van der Waals surface area contributed by atoms with Crippen LogP contribution in [0.4, 0.5) is 5.69 Å². The van der Waals surface area contributed by atoms with Crippen molar-refractivity contribution in [2.75, 3.05) is 11.6 Å². The molecule has 4 heterocycles. The van der Waals surface area contributed by atoms with Gasteiger partial charge in [0.2, 0.25) is 10.0 Å². The lowest BCUT2D eigenvalue weighted by molar-refractivity contribution is 0.0977. The SMILES string of the molecule is Cc1cc(C(C)Nc2ccc(Cl)nc2C(=O)NS(C)(=O)=O)c2oc(-c3ccc4nn(C)cc4n3)c(C)c(=O)c2c1. The molecule has 40 heavy (non-hydrogen) atoms. The first-order valence-corrected chi connectivity index (χ1v) is 14.4. The summed E-state index contributed by atoms with van der Waals surface area (Å²) in [6.07, 6.45) is 2.65. The van der Waals surface area contributed by atoms with Crippen LogP contribution in [0.15, 0.2) is 51.8 Å². The molecule has 0 aliphatic rings. The number of amides is 1. The summed E-state index contributed by atoms with van der Waals surface area (Å²) in [5, 5.41) is 7.96. The molecule has 206 valence electrons. The average Bonchev–Trinajstić information content (AvgIpc) is 3.25. The number of rotatable bonds is 6. The van der Waals surface area contributed by atoms with Crippen LogP contribution < -0.4 is 15.5 Å². The van der Waals surface area contributed by atoms with Crippen molar-refractivity contribution in [3.63, 3.8) is 0 Å². The minimum atomic E-state index is -3.84. The largest absolute Gasteiger partial charge is 0.454 e. The van der Waals surface area contributed by atoms with Crippen molar-refractivity contribution in [1.29, 1.82) is 0 Å². The van der Waals surface area contributed by atoms with Gasteiger partial charge >= 0.3 is 0 Å². The first-order valence-electron chi connectivity index (χ1n) is 12.1. The highest BCUT2D eigenvalue weighted by Gasteiger charge is 2.23. The first-order chi connectivity index (χ1) is 18.8. The Hall–Kier alpha value is -4.29. The van der Waals surface area contributed by atoms with Crippen LogP contribution in [-0.2, 0) is 17.1 Å². The summed E-state index contributed by atoms with van der Waals surface area (Å²) in [7, 11) is -2.04. The molecule has 0 bridgehead atoms. The maximum absolute atomic E-state index is 13.5. The Balaban J connectivity index is 1.62. The Morgan fingerprint density at radius 2 is 1.85 bits per heavy atom. The number of anilines is 1. The van der Waals surface area contributed by atoms with E-state index in [0.717, 1.165) is 11.8 Å². The molecule has 0 saturated carbocycles. The first kappa shape index (κ1) is 27.3. The van der Waals surface area contributed by atoms with Crippen molar-refractivity contribution in [1.82, 2.24) is 24.5 Å². The standard InChI is InChI=1S/C27H25ClN6O5S/c1-13-10-16(15(3)29-19-8-9-22(28)31-23(19)27(36)33-40(5,37)38)26-17(11-13)24(35)14(2)25(39-26)20-7-6-18-21(30-20)12-34(4)32-18/h6-12,15,29H,1-5H3,(H,33,36). The van der Waals surface area contributed by atoms with E-state index in [0.29, 0.717) is 44.6 Å². The number of carbonyl (C=O) groups excluding carboxylic acids is 1. The fraction of sp³-hybridized carbons (Fsp3) is 0.222. The van der Waals surface area contributed by atoms with Gasteiger partial charge in [-0.05, 0) is 56.7 Å². The summed E-state index contributed by atoms with van der Waals surface area (Å²) < 4.78 is 33.3. The van der Waals surface area contributed by atoms with Crippen LogP contribution in [-0.4, -0.2) is 40.3 Å². The lowest BCUT2D eigenvalue weighted by Gasteiger charge is -2.20.